The molecule has 2 unspecified atom stereocenters. The number of aliphatic hydroxyl groups is 1. The minimum absolute atomic E-state index is 0.0718. The van der Waals surface area contributed by atoms with E-state index in [-0.39, 0.29) is 6.61 Å². The highest BCUT2D eigenvalue weighted by Crippen LogP contribution is 2.24. The number of benzene rings is 1. The van der Waals surface area contributed by atoms with Gasteiger partial charge in [0, 0.05) is 5.56 Å². The zero-order valence-corrected chi connectivity index (χ0v) is 8.99. The Balaban J connectivity index is 2.92. The van der Waals surface area contributed by atoms with Gasteiger partial charge in [-0.3, -0.25) is 0 Å². The molecule has 1 rings (SSSR count). The van der Waals surface area contributed by atoms with Gasteiger partial charge in [-0.25, -0.2) is 18.0 Å². The quantitative estimate of drug-likeness (QED) is 0.828. The molecule has 0 aromatic heterocycles. The molecule has 0 spiro atoms. The fourth-order valence-corrected chi connectivity index (χ4v) is 1.26. The first-order valence-corrected chi connectivity index (χ1v) is 4.91. The second-order valence-electron chi connectivity index (χ2n) is 3.24. The van der Waals surface area contributed by atoms with Crippen LogP contribution in [0, 0.1) is 11.6 Å². The molecule has 0 saturated heterocycles. The lowest BCUT2D eigenvalue weighted by molar-refractivity contribution is -0.153. The van der Waals surface area contributed by atoms with Gasteiger partial charge in [0.2, 0.25) is 6.17 Å². The Labute approximate surface area is 95.8 Å². The Morgan fingerprint density at radius 3 is 2.71 bits per heavy atom. The molecule has 0 fully saturated rings. The van der Waals surface area contributed by atoms with Gasteiger partial charge in [0.15, 0.2) is 11.6 Å². The summed E-state index contributed by atoms with van der Waals surface area (Å²) in [5.41, 5.74) is -0.620. The van der Waals surface area contributed by atoms with Crippen molar-refractivity contribution in [3.63, 3.8) is 0 Å². The number of esters is 1. The fraction of sp³-hybridized carbons (Fsp3) is 0.364. The summed E-state index contributed by atoms with van der Waals surface area (Å²) in [7, 11) is 0. The molecule has 0 aliphatic rings. The largest absolute Gasteiger partial charge is 0.464 e. The van der Waals surface area contributed by atoms with Crippen LogP contribution in [-0.4, -0.2) is 23.9 Å². The highest BCUT2D eigenvalue weighted by Gasteiger charge is 2.31. The number of ether oxygens (including phenoxy) is 1. The summed E-state index contributed by atoms with van der Waals surface area (Å²) in [6, 6.07) is 2.92. The van der Waals surface area contributed by atoms with Crippen LogP contribution in [0.2, 0.25) is 0 Å². The van der Waals surface area contributed by atoms with Crippen molar-refractivity contribution < 1.29 is 27.8 Å². The van der Waals surface area contributed by atoms with E-state index in [4.69, 9.17) is 0 Å². The fourth-order valence-electron chi connectivity index (χ4n) is 1.26. The summed E-state index contributed by atoms with van der Waals surface area (Å²) in [5.74, 6) is -3.92. The SMILES string of the molecule is CCOC(=O)C(F)C(O)c1cccc(F)c1F. The molecule has 6 heteroatoms. The van der Waals surface area contributed by atoms with E-state index in [1.54, 1.807) is 0 Å². The zero-order chi connectivity index (χ0) is 13.0. The van der Waals surface area contributed by atoms with Gasteiger partial charge in [-0.2, -0.15) is 0 Å². The van der Waals surface area contributed by atoms with Gasteiger partial charge >= 0.3 is 5.97 Å². The maximum atomic E-state index is 13.4. The van der Waals surface area contributed by atoms with Crippen molar-refractivity contribution in [3.8, 4) is 0 Å². The third-order valence-corrected chi connectivity index (χ3v) is 2.09. The van der Waals surface area contributed by atoms with Crippen molar-refractivity contribution >= 4 is 5.97 Å². The van der Waals surface area contributed by atoms with Crippen LogP contribution in [0.15, 0.2) is 18.2 Å². The van der Waals surface area contributed by atoms with E-state index in [0.29, 0.717) is 0 Å². The van der Waals surface area contributed by atoms with Crippen LogP contribution in [0.1, 0.15) is 18.6 Å². The van der Waals surface area contributed by atoms with Gasteiger partial charge in [0.05, 0.1) is 6.61 Å². The molecule has 1 N–H and O–H groups in total. The molecule has 0 heterocycles. The second-order valence-corrected chi connectivity index (χ2v) is 3.24. The first kappa shape index (κ1) is 13.5. The van der Waals surface area contributed by atoms with E-state index >= 15 is 0 Å². The molecule has 1 aromatic carbocycles. The molecule has 0 aliphatic heterocycles. The monoisotopic (exact) mass is 248 g/mol. The minimum Gasteiger partial charge on any atom is -0.464 e. The summed E-state index contributed by atoms with van der Waals surface area (Å²) >= 11 is 0. The minimum atomic E-state index is -2.45. The van der Waals surface area contributed by atoms with Gasteiger partial charge < -0.3 is 9.84 Å². The Kier molecular flexibility index (Phi) is 4.51. The maximum absolute atomic E-state index is 13.4. The van der Waals surface area contributed by atoms with E-state index in [0.717, 1.165) is 18.2 Å². The van der Waals surface area contributed by atoms with Crippen LogP contribution in [0.25, 0.3) is 0 Å². The van der Waals surface area contributed by atoms with Gasteiger partial charge in [-0.05, 0) is 13.0 Å². The van der Waals surface area contributed by atoms with Crippen molar-refractivity contribution in [2.45, 2.75) is 19.2 Å². The Morgan fingerprint density at radius 1 is 1.47 bits per heavy atom. The van der Waals surface area contributed by atoms with Crippen molar-refractivity contribution in [2.24, 2.45) is 0 Å². The first-order chi connectivity index (χ1) is 7.99. The van der Waals surface area contributed by atoms with E-state index in [2.05, 4.69) is 4.74 Å². The van der Waals surface area contributed by atoms with Crippen molar-refractivity contribution in [1.82, 2.24) is 0 Å². The molecule has 0 saturated carbocycles. The van der Waals surface area contributed by atoms with Crippen LogP contribution in [0.4, 0.5) is 13.2 Å². The van der Waals surface area contributed by atoms with E-state index in [9.17, 15) is 23.1 Å². The van der Waals surface area contributed by atoms with Crippen LogP contribution in [0.5, 0.6) is 0 Å². The number of hydrogen-bond acceptors (Lipinski definition) is 3. The number of alkyl halides is 1. The van der Waals surface area contributed by atoms with E-state index in [1.807, 2.05) is 0 Å². The molecule has 17 heavy (non-hydrogen) atoms. The molecule has 94 valence electrons. The molecule has 1 aromatic rings. The molecule has 0 aliphatic carbocycles. The van der Waals surface area contributed by atoms with Gasteiger partial charge in [-0.15, -0.1) is 0 Å². The van der Waals surface area contributed by atoms with Crippen LogP contribution in [0.3, 0.4) is 0 Å². The highest BCUT2D eigenvalue weighted by atomic mass is 19.2. The summed E-state index contributed by atoms with van der Waals surface area (Å²) in [6.45, 7) is 1.39. The van der Waals surface area contributed by atoms with Gasteiger partial charge in [0.25, 0.3) is 0 Å². The third-order valence-electron chi connectivity index (χ3n) is 2.09. The highest BCUT2D eigenvalue weighted by molar-refractivity contribution is 5.75. The second kappa shape index (κ2) is 5.67. The summed E-state index contributed by atoms with van der Waals surface area (Å²) in [6.07, 6.45) is -4.55. The number of aliphatic hydroxyl groups excluding tert-OH is 1. The number of carbonyl (C=O) groups is 1. The molecule has 0 bridgehead atoms. The lowest BCUT2D eigenvalue weighted by atomic mass is 10.0. The van der Waals surface area contributed by atoms with Crippen LogP contribution < -0.4 is 0 Å². The number of halogens is 3. The number of hydrogen-bond donors (Lipinski definition) is 1. The predicted octanol–water partition coefficient (Wildman–Crippen LogP) is 1.90. The average molecular weight is 248 g/mol. The summed E-state index contributed by atoms with van der Waals surface area (Å²) in [4.78, 5) is 11.0. The zero-order valence-electron chi connectivity index (χ0n) is 8.99. The predicted molar refractivity (Wildman–Crippen MR) is 52.8 cm³/mol. The van der Waals surface area contributed by atoms with Crippen molar-refractivity contribution in [2.75, 3.05) is 6.61 Å². The molecule has 0 amide bonds. The number of rotatable bonds is 4. The Bertz CT molecular complexity index is 409. The number of carbonyl (C=O) groups excluding carboxylic acids is 1. The van der Waals surface area contributed by atoms with E-state index in [1.165, 1.54) is 6.92 Å². The standard InChI is InChI=1S/C11H11F3O3/c1-2-17-11(16)9(14)10(15)6-4-3-5-7(12)8(6)13/h3-5,9-10,15H,2H2,1H3. The van der Waals surface area contributed by atoms with Crippen molar-refractivity contribution in [3.05, 3.63) is 35.4 Å². The average Bonchev–Trinajstić information content (AvgIpc) is 2.31. The molecule has 0 radical (unpaired) electrons. The molecular formula is C11H11F3O3. The maximum Gasteiger partial charge on any atom is 0.343 e. The van der Waals surface area contributed by atoms with Crippen molar-refractivity contribution in [1.29, 1.82) is 0 Å². The van der Waals surface area contributed by atoms with Gasteiger partial charge in [0.1, 0.15) is 6.10 Å². The first-order valence-electron chi connectivity index (χ1n) is 4.91. The molecule has 3 nitrogen and oxygen atoms in total. The topological polar surface area (TPSA) is 46.5 Å². The molecule has 2 atom stereocenters. The smallest absolute Gasteiger partial charge is 0.343 e. The summed E-state index contributed by atoms with van der Waals surface area (Å²) in [5, 5.41) is 9.41. The van der Waals surface area contributed by atoms with Crippen LogP contribution >= 0.6 is 0 Å². The Morgan fingerprint density at radius 2 is 2.12 bits per heavy atom. The van der Waals surface area contributed by atoms with E-state index < -0.39 is 35.4 Å². The summed E-state index contributed by atoms with van der Waals surface area (Å²) < 4.78 is 43.7. The normalized spacial score (nSPS) is 14.2. The Hall–Kier alpha value is -1.56. The molecular weight excluding hydrogens is 237 g/mol. The lowest BCUT2D eigenvalue weighted by Crippen LogP contribution is -2.26. The van der Waals surface area contributed by atoms with Crippen LogP contribution in [-0.2, 0) is 9.53 Å². The third kappa shape index (κ3) is 2.97. The lowest BCUT2D eigenvalue weighted by Gasteiger charge is -2.15. The van der Waals surface area contributed by atoms with Gasteiger partial charge in [-0.1, -0.05) is 12.1 Å².